The van der Waals surface area contributed by atoms with Crippen LogP contribution in [0.4, 0.5) is 4.39 Å². The Morgan fingerprint density at radius 1 is 1.17 bits per heavy atom. The average molecular weight is 485 g/mol. The molecule has 2 amide bonds. The molecule has 1 aromatic carbocycles. The number of nitrogens with zero attached hydrogens (tertiary/aromatic N) is 3. The number of hydrogen-bond acceptors (Lipinski definition) is 5. The summed E-state index contributed by atoms with van der Waals surface area (Å²) in [6, 6.07) is 8.15. The van der Waals surface area contributed by atoms with Gasteiger partial charge in [-0.1, -0.05) is 25.1 Å². The van der Waals surface area contributed by atoms with Crippen molar-refractivity contribution in [1.82, 2.24) is 19.7 Å². The summed E-state index contributed by atoms with van der Waals surface area (Å²) in [5, 5.41) is 13.2. The van der Waals surface area contributed by atoms with Crippen LogP contribution in [-0.4, -0.2) is 71.1 Å². The third-order valence-electron chi connectivity index (χ3n) is 7.18. The van der Waals surface area contributed by atoms with Crippen LogP contribution in [0.2, 0.25) is 0 Å². The second-order valence-electron chi connectivity index (χ2n) is 9.57. The molecule has 1 aromatic heterocycles. The lowest BCUT2D eigenvalue weighted by Gasteiger charge is -2.31. The molecular formula is C26H33FN4O4. The van der Waals surface area contributed by atoms with Crippen molar-refractivity contribution in [3.8, 4) is 11.1 Å². The van der Waals surface area contributed by atoms with Crippen LogP contribution in [0.3, 0.4) is 0 Å². The molecule has 2 aliphatic heterocycles. The molecule has 2 N–H and O–H groups in total. The van der Waals surface area contributed by atoms with E-state index >= 15 is 0 Å². The van der Waals surface area contributed by atoms with Gasteiger partial charge in [0.1, 0.15) is 11.9 Å². The van der Waals surface area contributed by atoms with E-state index in [0.717, 1.165) is 13.0 Å². The molecule has 0 spiro atoms. The predicted molar refractivity (Wildman–Crippen MR) is 130 cm³/mol. The second kappa shape index (κ2) is 10.3. The average Bonchev–Trinajstić information content (AvgIpc) is 3.37. The largest absolute Gasteiger partial charge is 0.396 e. The van der Waals surface area contributed by atoms with E-state index in [4.69, 9.17) is 0 Å². The van der Waals surface area contributed by atoms with Gasteiger partial charge in [-0.05, 0) is 45.3 Å². The minimum absolute atomic E-state index is 0.198. The van der Waals surface area contributed by atoms with Crippen molar-refractivity contribution in [1.29, 1.82) is 0 Å². The van der Waals surface area contributed by atoms with Crippen molar-refractivity contribution in [2.24, 2.45) is 11.8 Å². The fraction of sp³-hybridized carbons (Fsp3) is 0.500. The van der Waals surface area contributed by atoms with Gasteiger partial charge in [0.2, 0.25) is 11.8 Å². The van der Waals surface area contributed by atoms with Crippen LogP contribution in [0.25, 0.3) is 11.1 Å². The highest BCUT2D eigenvalue weighted by atomic mass is 19.1. The first-order valence-electron chi connectivity index (χ1n) is 12.1. The number of fused-ring (bicyclic) bond motifs is 3. The number of likely N-dealkylation sites (tertiary alicyclic amines) is 1. The van der Waals surface area contributed by atoms with Crippen LogP contribution in [0.15, 0.2) is 41.2 Å². The molecule has 0 bridgehead atoms. The molecule has 1 fully saturated rings. The Kier molecular flexibility index (Phi) is 7.37. The van der Waals surface area contributed by atoms with Crippen molar-refractivity contribution in [3.05, 3.63) is 58.3 Å². The summed E-state index contributed by atoms with van der Waals surface area (Å²) in [7, 11) is 3.92. The molecule has 8 nitrogen and oxygen atoms in total. The Hall–Kier alpha value is -3.04. The highest BCUT2D eigenvalue weighted by Crippen LogP contribution is 2.49. The maximum Gasteiger partial charge on any atom is 0.258 e. The molecule has 0 aliphatic carbocycles. The van der Waals surface area contributed by atoms with Gasteiger partial charge >= 0.3 is 0 Å². The summed E-state index contributed by atoms with van der Waals surface area (Å²) < 4.78 is 16.0. The summed E-state index contributed by atoms with van der Waals surface area (Å²) >= 11 is 0. The van der Waals surface area contributed by atoms with Crippen molar-refractivity contribution in [2.75, 3.05) is 33.8 Å². The molecule has 3 heterocycles. The molecule has 1 saturated heterocycles. The zero-order chi connectivity index (χ0) is 25.3. The van der Waals surface area contributed by atoms with Crippen LogP contribution < -0.4 is 10.9 Å². The van der Waals surface area contributed by atoms with E-state index in [-0.39, 0.29) is 54.0 Å². The molecule has 0 saturated carbocycles. The van der Waals surface area contributed by atoms with E-state index < -0.39 is 23.8 Å². The van der Waals surface area contributed by atoms with Gasteiger partial charge in [-0.25, -0.2) is 4.39 Å². The molecule has 35 heavy (non-hydrogen) atoms. The molecule has 188 valence electrons. The number of aliphatic hydroxyl groups excluding tert-OH is 1. The van der Waals surface area contributed by atoms with Crippen molar-refractivity contribution >= 4 is 11.8 Å². The zero-order valence-electron chi connectivity index (χ0n) is 20.4. The van der Waals surface area contributed by atoms with Crippen LogP contribution >= 0.6 is 0 Å². The normalized spacial score (nSPS) is 22.9. The molecule has 4 atom stereocenters. The first-order chi connectivity index (χ1) is 16.8. The molecule has 0 unspecified atom stereocenters. The number of rotatable bonds is 8. The highest BCUT2D eigenvalue weighted by molar-refractivity contribution is 5.89. The Balaban J connectivity index is 1.69. The van der Waals surface area contributed by atoms with E-state index in [9.17, 15) is 23.9 Å². The van der Waals surface area contributed by atoms with Gasteiger partial charge in [0.15, 0.2) is 0 Å². The standard InChI is InChI=1S/C26H33FN4O4/c1-4-22(33)31-23-18(19(15-32)24(31)25(34)28-12-7-13-29(2)3)14-30-21(23)11-10-17(26(30)35)16-8-5-6-9-20(16)27/h5-6,8-11,18-19,23-24,32H,4,7,12-15H2,1-3H3,(H,28,34)/t18-,19-,23+,24-/m0/s1. The summed E-state index contributed by atoms with van der Waals surface area (Å²) in [5.41, 5.74) is 0.742. The third kappa shape index (κ3) is 4.50. The van der Waals surface area contributed by atoms with Gasteiger partial charge in [-0.15, -0.1) is 0 Å². The molecule has 4 rings (SSSR count). The molecular weight excluding hydrogens is 451 g/mol. The molecule has 2 aliphatic rings. The SMILES string of the molecule is CCC(=O)N1[C@H](C(=O)NCCCN(C)C)[C@@H](CO)[C@@H]2Cn3c(ccc(-c4ccccc4F)c3=O)[C@@H]21. The van der Waals surface area contributed by atoms with Gasteiger partial charge in [0.05, 0.1) is 11.6 Å². The minimum Gasteiger partial charge on any atom is -0.396 e. The monoisotopic (exact) mass is 484 g/mol. The van der Waals surface area contributed by atoms with Crippen molar-refractivity contribution in [2.45, 2.75) is 38.4 Å². The van der Waals surface area contributed by atoms with Gasteiger partial charge in [0, 0.05) is 49.2 Å². The summed E-state index contributed by atoms with van der Waals surface area (Å²) in [4.78, 5) is 43.3. The second-order valence-corrected chi connectivity index (χ2v) is 9.57. The van der Waals surface area contributed by atoms with Crippen LogP contribution in [0.5, 0.6) is 0 Å². The van der Waals surface area contributed by atoms with Gasteiger partial charge in [-0.2, -0.15) is 0 Å². The number of carbonyl (C=O) groups excluding carboxylic acids is 2. The number of carbonyl (C=O) groups is 2. The smallest absolute Gasteiger partial charge is 0.258 e. The lowest BCUT2D eigenvalue weighted by atomic mass is 9.88. The number of benzene rings is 1. The minimum atomic E-state index is -0.808. The van der Waals surface area contributed by atoms with Crippen LogP contribution in [-0.2, 0) is 16.1 Å². The molecule has 2 aromatic rings. The van der Waals surface area contributed by atoms with E-state index in [2.05, 4.69) is 5.32 Å². The lowest BCUT2D eigenvalue weighted by molar-refractivity contribution is -0.141. The number of nitrogens with one attached hydrogen (secondary N) is 1. The Morgan fingerprint density at radius 2 is 1.91 bits per heavy atom. The topological polar surface area (TPSA) is 94.9 Å². The fourth-order valence-electron chi connectivity index (χ4n) is 5.55. The number of pyridine rings is 1. The van der Waals surface area contributed by atoms with Crippen molar-refractivity contribution < 1.29 is 19.1 Å². The molecule has 9 heteroatoms. The zero-order valence-corrected chi connectivity index (χ0v) is 20.4. The fourth-order valence-corrected chi connectivity index (χ4v) is 5.55. The van der Waals surface area contributed by atoms with E-state index in [1.165, 1.54) is 6.07 Å². The van der Waals surface area contributed by atoms with E-state index in [1.807, 2.05) is 19.0 Å². The van der Waals surface area contributed by atoms with Crippen LogP contribution in [0.1, 0.15) is 31.5 Å². The van der Waals surface area contributed by atoms with E-state index in [1.54, 1.807) is 46.7 Å². The Morgan fingerprint density at radius 3 is 2.57 bits per heavy atom. The quantitative estimate of drug-likeness (QED) is 0.556. The summed E-state index contributed by atoms with van der Waals surface area (Å²) in [6.07, 6.45) is 0.963. The Labute approximate surface area is 204 Å². The number of halogens is 1. The number of aliphatic hydroxyl groups is 1. The first kappa shape index (κ1) is 25.1. The van der Waals surface area contributed by atoms with Crippen LogP contribution in [0, 0.1) is 17.7 Å². The van der Waals surface area contributed by atoms with Gasteiger partial charge < -0.3 is 24.8 Å². The van der Waals surface area contributed by atoms with Gasteiger partial charge in [0.25, 0.3) is 5.56 Å². The third-order valence-corrected chi connectivity index (χ3v) is 7.18. The number of amides is 2. The lowest BCUT2D eigenvalue weighted by Crippen LogP contribution is -2.50. The maximum absolute atomic E-state index is 14.4. The van der Waals surface area contributed by atoms with Gasteiger partial charge in [-0.3, -0.25) is 14.4 Å². The predicted octanol–water partition coefficient (Wildman–Crippen LogP) is 1.62. The molecule has 0 radical (unpaired) electrons. The highest BCUT2D eigenvalue weighted by Gasteiger charge is 2.56. The number of hydrogen-bond donors (Lipinski definition) is 2. The summed E-state index contributed by atoms with van der Waals surface area (Å²) in [6.45, 7) is 2.99. The van der Waals surface area contributed by atoms with E-state index in [0.29, 0.717) is 12.2 Å². The first-order valence-corrected chi connectivity index (χ1v) is 12.1. The number of aromatic nitrogens is 1. The maximum atomic E-state index is 14.4. The Bertz CT molecular complexity index is 1160. The summed E-state index contributed by atoms with van der Waals surface area (Å²) in [5.74, 6) is -1.78. The van der Waals surface area contributed by atoms with Crippen molar-refractivity contribution in [3.63, 3.8) is 0 Å².